The van der Waals surface area contributed by atoms with E-state index in [1.54, 1.807) is 0 Å². The molecule has 1 N–H and O–H groups in total. The average molecular weight is 402 g/mol. The van der Waals surface area contributed by atoms with Gasteiger partial charge in [-0.05, 0) is 77.1 Å². The highest BCUT2D eigenvalue weighted by Crippen LogP contribution is 2.39. The number of piperidine rings is 2. The third-order valence-electron chi connectivity index (χ3n) is 7.04. The lowest BCUT2D eigenvalue weighted by Crippen LogP contribution is -2.45. The molecule has 2 amide bonds. The van der Waals surface area contributed by atoms with Crippen LogP contribution in [-0.2, 0) is 4.79 Å². The minimum atomic E-state index is 0.0348. The summed E-state index contributed by atoms with van der Waals surface area (Å²) in [6.45, 7) is 3.68. The molecule has 160 valence electrons. The molecule has 29 heavy (non-hydrogen) atoms. The van der Waals surface area contributed by atoms with Crippen molar-refractivity contribution in [1.29, 1.82) is 0 Å². The van der Waals surface area contributed by atoms with E-state index in [9.17, 15) is 9.59 Å². The van der Waals surface area contributed by atoms with E-state index < -0.39 is 0 Å². The van der Waals surface area contributed by atoms with E-state index in [4.69, 9.17) is 0 Å². The third-order valence-corrected chi connectivity index (χ3v) is 7.04. The predicted molar refractivity (Wildman–Crippen MR) is 112 cm³/mol. The van der Waals surface area contributed by atoms with Crippen molar-refractivity contribution in [3.8, 4) is 0 Å². The van der Waals surface area contributed by atoms with Crippen molar-refractivity contribution in [2.75, 3.05) is 40.3 Å². The lowest BCUT2D eigenvalue weighted by atomic mass is 9.92. The molecular formula is C22H35N5O2. The molecule has 2 aliphatic heterocycles. The van der Waals surface area contributed by atoms with E-state index in [1.807, 2.05) is 22.9 Å². The van der Waals surface area contributed by atoms with Crippen LogP contribution in [0.15, 0.2) is 6.07 Å². The van der Waals surface area contributed by atoms with Gasteiger partial charge < -0.3 is 14.7 Å². The normalized spacial score (nSPS) is 23.9. The fraction of sp³-hybridized carbons (Fsp3) is 0.773. The number of H-pyrrole nitrogens is 1. The van der Waals surface area contributed by atoms with Gasteiger partial charge in [-0.1, -0.05) is 0 Å². The van der Waals surface area contributed by atoms with Gasteiger partial charge in [-0.25, -0.2) is 0 Å². The number of nitrogens with zero attached hydrogens (tertiary/aromatic N) is 4. The lowest BCUT2D eigenvalue weighted by Gasteiger charge is -2.36. The van der Waals surface area contributed by atoms with Crippen molar-refractivity contribution >= 4 is 11.8 Å². The summed E-state index contributed by atoms with van der Waals surface area (Å²) in [5.74, 6) is 1.27. The van der Waals surface area contributed by atoms with Crippen LogP contribution in [0.25, 0.3) is 0 Å². The molecule has 1 aliphatic carbocycles. The molecule has 1 aromatic heterocycles. The van der Waals surface area contributed by atoms with Crippen molar-refractivity contribution in [2.45, 2.75) is 63.3 Å². The smallest absolute Gasteiger partial charge is 0.274 e. The Kier molecular flexibility index (Phi) is 6.23. The second-order valence-corrected chi connectivity index (χ2v) is 9.32. The van der Waals surface area contributed by atoms with Gasteiger partial charge in [-0.15, -0.1) is 0 Å². The summed E-state index contributed by atoms with van der Waals surface area (Å²) >= 11 is 0. The van der Waals surface area contributed by atoms with Crippen LogP contribution in [0.5, 0.6) is 0 Å². The van der Waals surface area contributed by atoms with Crippen molar-refractivity contribution < 1.29 is 9.59 Å². The minimum Gasteiger partial charge on any atom is -0.343 e. The highest BCUT2D eigenvalue weighted by atomic mass is 16.2. The van der Waals surface area contributed by atoms with Gasteiger partial charge in [-0.2, -0.15) is 5.10 Å². The van der Waals surface area contributed by atoms with Crippen LogP contribution in [0.4, 0.5) is 0 Å². The Labute approximate surface area is 173 Å². The number of rotatable bonds is 6. The average Bonchev–Trinajstić information content (AvgIpc) is 3.48. The molecule has 2 saturated heterocycles. The van der Waals surface area contributed by atoms with Gasteiger partial charge in [0.25, 0.3) is 5.91 Å². The molecule has 1 atom stereocenters. The van der Waals surface area contributed by atoms with E-state index in [0.29, 0.717) is 30.0 Å². The van der Waals surface area contributed by atoms with Gasteiger partial charge in [0.2, 0.25) is 5.91 Å². The summed E-state index contributed by atoms with van der Waals surface area (Å²) in [5.41, 5.74) is 1.65. The molecule has 3 heterocycles. The number of likely N-dealkylation sites (tertiary alicyclic amines) is 2. The molecule has 0 spiro atoms. The Hall–Kier alpha value is -1.89. The van der Waals surface area contributed by atoms with Crippen LogP contribution < -0.4 is 0 Å². The Bertz CT molecular complexity index is 721. The highest BCUT2D eigenvalue weighted by molar-refractivity contribution is 5.92. The maximum atomic E-state index is 12.8. The maximum Gasteiger partial charge on any atom is 0.274 e. The molecule has 3 fully saturated rings. The largest absolute Gasteiger partial charge is 0.343 e. The zero-order valence-corrected chi connectivity index (χ0v) is 17.9. The van der Waals surface area contributed by atoms with Crippen LogP contribution in [0.2, 0.25) is 0 Å². The van der Waals surface area contributed by atoms with Crippen LogP contribution in [-0.4, -0.2) is 83.0 Å². The molecule has 1 aromatic rings. The number of nitrogens with one attached hydrogen (secondary N) is 1. The second-order valence-electron chi connectivity index (χ2n) is 9.32. The van der Waals surface area contributed by atoms with Crippen LogP contribution in [0.3, 0.4) is 0 Å². The van der Waals surface area contributed by atoms with E-state index in [2.05, 4.69) is 22.1 Å². The Morgan fingerprint density at radius 2 is 1.93 bits per heavy atom. The number of aromatic nitrogens is 2. The van der Waals surface area contributed by atoms with Gasteiger partial charge in [0.15, 0.2) is 0 Å². The van der Waals surface area contributed by atoms with Gasteiger partial charge in [-0.3, -0.25) is 14.7 Å². The number of hydrogen-bond acceptors (Lipinski definition) is 4. The summed E-state index contributed by atoms with van der Waals surface area (Å²) in [7, 11) is 4.11. The van der Waals surface area contributed by atoms with E-state index in [1.165, 1.54) is 12.8 Å². The molecule has 7 nitrogen and oxygen atoms in total. The zero-order valence-electron chi connectivity index (χ0n) is 17.9. The fourth-order valence-corrected chi connectivity index (χ4v) is 4.79. The SMILES string of the molecule is CN1CCC(N(C)C(=O)CCC2CCCN(C(=O)c3cc(C4CC4)[nH]n3)C2)CC1. The predicted octanol–water partition coefficient (Wildman–Crippen LogP) is 2.47. The van der Waals surface area contributed by atoms with E-state index in [0.717, 1.165) is 64.0 Å². The first-order valence-electron chi connectivity index (χ1n) is 11.3. The van der Waals surface area contributed by atoms with Crippen LogP contribution in [0.1, 0.15) is 73.5 Å². The maximum absolute atomic E-state index is 12.8. The van der Waals surface area contributed by atoms with Crippen LogP contribution >= 0.6 is 0 Å². The summed E-state index contributed by atoms with van der Waals surface area (Å²) in [5, 5.41) is 7.29. The van der Waals surface area contributed by atoms with Crippen molar-refractivity contribution in [1.82, 2.24) is 24.9 Å². The van der Waals surface area contributed by atoms with Gasteiger partial charge in [0.1, 0.15) is 5.69 Å². The van der Waals surface area contributed by atoms with Crippen LogP contribution in [0, 0.1) is 5.92 Å². The molecule has 1 saturated carbocycles. The van der Waals surface area contributed by atoms with E-state index >= 15 is 0 Å². The number of aromatic amines is 1. The van der Waals surface area contributed by atoms with Gasteiger partial charge in [0, 0.05) is 44.2 Å². The fourth-order valence-electron chi connectivity index (χ4n) is 4.79. The molecule has 3 aliphatic rings. The topological polar surface area (TPSA) is 72.5 Å². The van der Waals surface area contributed by atoms with Crippen molar-refractivity contribution in [3.05, 3.63) is 17.5 Å². The highest BCUT2D eigenvalue weighted by Gasteiger charge is 2.30. The van der Waals surface area contributed by atoms with Gasteiger partial charge in [0.05, 0.1) is 0 Å². The molecule has 0 radical (unpaired) electrons. The number of carbonyl (C=O) groups is 2. The Morgan fingerprint density at radius 3 is 2.66 bits per heavy atom. The second kappa shape index (κ2) is 8.86. The van der Waals surface area contributed by atoms with Gasteiger partial charge >= 0.3 is 0 Å². The Morgan fingerprint density at radius 1 is 1.17 bits per heavy atom. The van der Waals surface area contributed by atoms with Crippen molar-refractivity contribution in [3.63, 3.8) is 0 Å². The quantitative estimate of drug-likeness (QED) is 0.795. The van der Waals surface area contributed by atoms with E-state index in [-0.39, 0.29) is 11.8 Å². The molecule has 1 unspecified atom stereocenters. The first kappa shape index (κ1) is 20.4. The third kappa shape index (κ3) is 5.00. The molecule has 0 aromatic carbocycles. The minimum absolute atomic E-state index is 0.0348. The first-order chi connectivity index (χ1) is 14.0. The molecule has 0 bridgehead atoms. The first-order valence-corrected chi connectivity index (χ1v) is 11.3. The lowest BCUT2D eigenvalue weighted by molar-refractivity contribution is -0.133. The van der Waals surface area contributed by atoms with Crippen molar-refractivity contribution in [2.24, 2.45) is 5.92 Å². The number of amides is 2. The standard InChI is InChI=1S/C22H35N5O2/c1-25-12-9-18(10-13-25)26(2)21(28)8-5-16-4-3-11-27(15-16)22(29)20-14-19(23-24-20)17-6-7-17/h14,16-18H,3-13,15H2,1-2H3,(H,23,24). The monoisotopic (exact) mass is 401 g/mol. The zero-order chi connectivity index (χ0) is 20.4. The molecule has 7 heteroatoms. The molecule has 4 rings (SSSR count). The summed E-state index contributed by atoms with van der Waals surface area (Å²) in [6, 6.07) is 2.31. The summed E-state index contributed by atoms with van der Waals surface area (Å²) in [6.07, 6.45) is 8.09. The molecular weight excluding hydrogens is 366 g/mol. The Balaban J connectivity index is 1.25. The number of hydrogen-bond donors (Lipinski definition) is 1. The number of carbonyl (C=O) groups excluding carboxylic acids is 2. The summed E-state index contributed by atoms with van der Waals surface area (Å²) in [4.78, 5) is 31.8. The summed E-state index contributed by atoms with van der Waals surface area (Å²) < 4.78 is 0.